The van der Waals surface area contributed by atoms with E-state index in [-0.39, 0.29) is 35.2 Å². The van der Waals surface area contributed by atoms with E-state index in [0.717, 1.165) is 0 Å². The Hall–Kier alpha value is -1.38. The topological polar surface area (TPSA) is 113 Å². The molecule has 7 nitrogen and oxygen atoms in total. The lowest BCUT2D eigenvalue weighted by Crippen LogP contribution is -2.18. The predicted molar refractivity (Wildman–Crippen MR) is 66.2 cm³/mol. The smallest absolute Gasteiger partial charge is 0.312 e. The number of primary sulfonamides is 1. The SMILES string of the molecule is NS(=O)(=O)CCCOc1c(Cl)cccc1[N+](=O)[O-]. The summed E-state index contributed by atoms with van der Waals surface area (Å²) in [6.45, 7) is -0.0268. The van der Waals surface area contributed by atoms with E-state index in [0.29, 0.717) is 0 Å². The second-order valence-electron chi connectivity index (χ2n) is 3.41. The van der Waals surface area contributed by atoms with Crippen molar-refractivity contribution in [3.63, 3.8) is 0 Å². The van der Waals surface area contributed by atoms with E-state index in [9.17, 15) is 18.5 Å². The van der Waals surface area contributed by atoms with Gasteiger partial charge in [0.2, 0.25) is 15.8 Å². The van der Waals surface area contributed by atoms with E-state index in [4.69, 9.17) is 21.5 Å². The van der Waals surface area contributed by atoms with Crippen molar-refractivity contribution < 1.29 is 18.1 Å². The molecule has 18 heavy (non-hydrogen) atoms. The second kappa shape index (κ2) is 5.98. The number of benzene rings is 1. The molecule has 0 radical (unpaired) electrons. The highest BCUT2D eigenvalue weighted by molar-refractivity contribution is 7.89. The second-order valence-corrected chi connectivity index (χ2v) is 5.56. The molecule has 0 aromatic heterocycles. The maximum atomic E-state index is 10.7. The maximum absolute atomic E-state index is 10.7. The van der Waals surface area contributed by atoms with Gasteiger partial charge in [-0.15, -0.1) is 0 Å². The van der Waals surface area contributed by atoms with E-state index in [2.05, 4.69) is 0 Å². The largest absolute Gasteiger partial charge is 0.486 e. The summed E-state index contributed by atoms with van der Waals surface area (Å²) in [6, 6.07) is 4.13. The molecule has 0 unspecified atom stereocenters. The van der Waals surface area contributed by atoms with Gasteiger partial charge in [0.1, 0.15) is 0 Å². The average Bonchev–Trinajstić information content (AvgIpc) is 2.24. The average molecular weight is 295 g/mol. The summed E-state index contributed by atoms with van der Waals surface area (Å²) in [5.74, 6) is -0.329. The van der Waals surface area contributed by atoms with Crippen LogP contribution in [0.2, 0.25) is 5.02 Å². The van der Waals surface area contributed by atoms with Crippen LogP contribution in [0.15, 0.2) is 18.2 Å². The van der Waals surface area contributed by atoms with Gasteiger partial charge in [-0.05, 0) is 12.5 Å². The normalized spacial score (nSPS) is 11.2. The summed E-state index contributed by atoms with van der Waals surface area (Å²) in [7, 11) is -3.56. The number of ether oxygens (including phenoxy) is 1. The van der Waals surface area contributed by atoms with Crippen molar-refractivity contribution in [2.24, 2.45) is 5.14 Å². The molecule has 0 fully saturated rings. The number of nitro groups is 1. The van der Waals surface area contributed by atoms with Gasteiger partial charge in [-0.3, -0.25) is 10.1 Å². The number of nitro benzene ring substituents is 1. The van der Waals surface area contributed by atoms with Crippen LogP contribution in [0.3, 0.4) is 0 Å². The van der Waals surface area contributed by atoms with Crippen LogP contribution in [0.5, 0.6) is 5.75 Å². The summed E-state index contributed by atoms with van der Waals surface area (Å²) in [5.41, 5.74) is -0.266. The highest BCUT2D eigenvalue weighted by Crippen LogP contribution is 2.34. The summed E-state index contributed by atoms with van der Waals surface area (Å²) >= 11 is 5.77. The lowest BCUT2D eigenvalue weighted by Gasteiger charge is -2.07. The first kappa shape index (κ1) is 14.7. The van der Waals surface area contributed by atoms with Crippen molar-refractivity contribution in [2.75, 3.05) is 12.4 Å². The number of halogens is 1. The number of para-hydroxylation sites is 1. The van der Waals surface area contributed by atoms with Crippen molar-refractivity contribution >= 4 is 27.3 Å². The molecule has 0 atom stereocenters. The monoisotopic (exact) mass is 294 g/mol. The molecule has 0 aliphatic heterocycles. The first-order valence-electron chi connectivity index (χ1n) is 4.87. The molecule has 1 aromatic carbocycles. The fourth-order valence-corrected chi connectivity index (χ4v) is 1.96. The molecular weight excluding hydrogens is 284 g/mol. The molecule has 2 N–H and O–H groups in total. The third-order valence-corrected chi connectivity index (χ3v) is 3.12. The van der Waals surface area contributed by atoms with Gasteiger partial charge in [-0.1, -0.05) is 17.7 Å². The molecular formula is C9H11ClN2O5S. The minimum absolute atomic E-state index is 0.0268. The first-order chi connectivity index (χ1) is 8.31. The zero-order valence-corrected chi connectivity index (χ0v) is 10.8. The van der Waals surface area contributed by atoms with Crippen LogP contribution in [0, 0.1) is 10.1 Å². The van der Waals surface area contributed by atoms with Gasteiger partial charge in [0.25, 0.3) is 0 Å². The number of hydrogen-bond acceptors (Lipinski definition) is 5. The van der Waals surface area contributed by atoms with Gasteiger partial charge >= 0.3 is 5.69 Å². The van der Waals surface area contributed by atoms with Gasteiger partial charge < -0.3 is 4.74 Å². The number of hydrogen-bond donors (Lipinski definition) is 1. The molecule has 0 heterocycles. The van der Waals surface area contributed by atoms with Gasteiger partial charge in [0.05, 0.1) is 22.3 Å². The fraction of sp³-hybridized carbons (Fsp3) is 0.333. The Morgan fingerprint density at radius 2 is 2.11 bits per heavy atom. The molecule has 0 saturated carbocycles. The van der Waals surface area contributed by atoms with Crippen molar-refractivity contribution in [1.82, 2.24) is 0 Å². The van der Waals surface area contributed by atoms with Gasteiger partial charge in [-0.25, -0.2) is 13.6 Å². The van der Waals surface area contributed by atoms with Crippen LogP contribution >= 0.6 is 11.6 Å². The van der Waals surface area contributed by atoms with Crippen LogP contribution in [0.25, 0.3) is 0 Å². The molecule has 0 aliphatic rings. The molecule has 100 valence electrons. The molecule has 1 aromatic rings. The van der Waals surface area contributed by atoms with Crippen molar-refractivity contribution in [3.8, 4) is 5.75 Å². The Morgan fingerprint density at radius 3 is 2.67 bits per heavy atom. The minimum Gasteiger partial charge on any atom is -0.486 e. The minimum atomic E-state index is -3.56. The lowest BCUT2D eigenvalue weighted by molar-refractivity contribution is -0.385. The maximum Gasteiger partial charge on any atom is 0.312 e. The number of sulfonamides is 1. The number of rotatable bonds is 6. The highest BCUT2D eigenvalue weighted by atomic mass is 35.5. The summed E-state index contributed by atoms with van der Waals surface area (Å²) in [5, 5.41) is 15.6. The Kier molecular flexibility index (Phi) is 4.88. The zero-order valence-electron chi connectivity index (χ0n) is 9.21. The molecule has 0 saturated heterocycles. The van der Waals surface area contributed by atoms with E-state index >= 15 is 0 Å². The lowest BCUT2D eigenvalue weighted by atomic mass is 10.3. The van der Waals surface area contributed by atoms with Crippen molar-refractivity contribution in [3.05, 3.63) is 33.3 Å². The molecule has 0 aliphatic carbocycles. The quantitative estimate of drug-likeness (QED) is 0.483. The van der Waals surface area contributed by atoms with E-state index in [1.165, 1.54) is 18.2 Å². The summed E-state index contributed by atoms with van der Waals surface area (Å²) in [4.78, 5) is 10.1. The Morgan fingerprint density at radius 1 is 1.44 bits per heavy atom. The Balaban J connectivity index is 2.70. The van der Waals surface area contributed by atoms with Crippen molar-refractivity contribution in [1.29, 1.82) is 0 Å². The number of nitrogens with two attached hydrogens (primary N) is 1. The third kappa shape index (κ3) is 4.47. The standard InChI is InChI=1S/C9H11ClN2O5S/c10-7-3-1-4-8(12(13)14)9(7)17-5-2-6-18(11,15)16/h1,3-4H,2,5-6H2,(H2,11,15,16). The van der Waals surface area contributed by atoms with Crippen LogP contribution in [-0.4, -0.2) is 25.7 Å². The predicted octanol–water partition coefficient (Wildman–Crippen LogP) is 1.31. The van der Waals surface area contributed by atoms with Crippen LogP contribution < -0.4 is 9.88 Å². The number of nitrogens with zero attached hydrogens (tertiary/aromatic N) is 1. The van der Waals surface area contributed by atoms with Crippen LogP contribution in [-0.2, 0) is 10.0 Å². The van der Waals surface area contributed by atoms with E-state index in [1.807, 2.05) is 0 Å². The van der Waals surface area contributed by atoms with Gasteiger partial charge in [0, 0.05) is 6.07 Å². The van der Waals surface area contributed by atoms with Crippen molar-refractivity contribution in [2.45, 2.75) is 6.42 Å². The zero-order chi connectivity index (χ0) is 13.8. The molecule has 9 heteroatoms. The summed E-state index contributed by atoms with van der Waals surface area (Å²) < 4.78 is 26.5. The molecule has 0 bridgehead atoms. The van der Waals surface area contributed by atoms with Crippen LogP contribution in [0.1, 0.15) is 6.42 Å². The molecule has 0 amide bonds. The van der Waals surface area contributed by atoms with Crippen LogP contribution in [0.4, 0.5) is 5.69 Å². The fourth-order valence-electron chi connectivity index (χ4n) is 1.22. The highest BCUT2D eigenvalue weighted by Gasteiger charge is 2.18. The third-order valence-electron chi connectivity index (χ3n) is 1.96. The molecule has 0 spiro atoms. The van der Waals surface area contributed by atoms with Gasteiger partial charge in [-0.2, -0.15) is 0 Å². The first-order valence-corrected chi connectivity index (χ1v) is 6.97. The van der Waals surface area contributed by atoms with Gasteiger partial charge in [0.15, 0.2) is 0 Å². The van der Waals surface area contributed by atoms with E-state index < -0.39 is 14.9 Å². The van der Waals surface area contributed by atoms with E-state index in [1.54, 1.807) is 0 Å². The molecule has 1 rings (SSSR count). The Bertz CT molecular complexity index is 546. The summed E-state index contributed by atoms with van der Waals surface area (Å²) in [6.07, 6.45) is 0.126. The Labute approximate surface area is 109 Å².